The van der Waals surface area contributed by atoms with E-state index in [-0.39, 0.29) is 13.0 Å². The van der Waals surface area contributed by atoms with Crippen LogP contribution in [0.1, 0.15) is 271 Å². The van der Waals surface area contributed by atoms with Gasteiger partial charge in [-0.25, -0.2) is 4.57 Å². The molecule has 6 atom stereocenters. The van der Waals surface area contributed by atoms with Gasteiger partial charge in [0.25, 0.3) is 0 Å². The van der Waals surface area contributed by atoms with Gasteiger partial charge in [-0.05, 0) is 12.8 Å². The minimum absolute atomic E-state index is 0.0672. The number of phosphoric ester groups is 1. The van der Waals surface area contributed by atoms with Gasteiger partial charge in [-0.15, -0.1) is 0 Å². The minimum Gasteiger partial charge on any atom is -0.457 e. The summed E-state index contributed by atoms with van der Waals surface area (Å²) in [5.41, 5.74) is 0. The summed E-state index contributed by atoms with van der Waals surface area (Å²) in [6.07, 6.45) is 37.4. The monoisotopic (exact) mass is 965 g/mol. The lowest BCUT2D eigenvalue weighted by molar-refractivity contribution is -0.220. The molecule has 6 N–H and O–H groups in total. The normalized spacial score (nSPS) is 21.3. The number of carbonyl (C=O) groups is 1. The molecule has 0 spiro atoms. The summed E-state index contributed by atoms with van der Waals surface area (Å²) < 4.78 is 34.4. The SMILES string of the molecule is CCCCCCCCCCCCCCCCCCCCCCCCC(=O)OC(COCCCCCCCCCCCCCCCCCCC)COP(=O)(O)OC1C(O)C(O)C(O)C(O)C1O. The van der Waals surface area contributed by atoms with E-state index in [1.165, 1.54) is 205 Å². The second-order valence-corrected chi connectivity index (χ2v) is 21.2. The molecule has 0 bridgehead atoms. The molecular weight excluding hydrogens is 860 g/mol. The van der Waals surface area contributed by atoms with Crippen molar-refractivity contribution in [2.75, 3.05) is 19.8 Å². The van der Waals surface area contributed by atoms with Crippen LogP contribution in [0.2, 0.25) is 0 Å². The third-order valence-electron chi connectivity index (χ3n) is 13.5. The van der Waals surface area contributed by atoms with Crippen LogP contribution in [0.25, 0.3) is 0 Å². The number of phosphoric acid groups is 1. The predicted octanol–water partition coefficient (Wildman–Crippen LogP) is 12.9. The summed E-state index contributed by atoms with van der Waals surface area (Å²) >= 11 is 0. The smallest absolute Gasteiger partial charge is 0.457 e. The number of esters is 1. The van der Waals surface area contributed by atoms with Crippen LogP contribution in [-0.4, -0.2) is 98.9 Å². The van der Waals surface area contributed by atoms with E-state index in [1.54, 1.807) is 0 Å². The van der Waals surface area contributed by atoms with Crippen molar-refractivity contribution < 1.29 is 58.3 Å². The van der Waals surface area contributed by atoms with Crippen LogP contribution in [-0.2, 0) is 27.9 Å². The number of rotatable bonds is 49. The molecule has 0 saturated heterocycles. The van der Waals surface area contributed by atoms with E-state index in [1.807, 2.05) is 0 Å². The molecule has 1 saturated carbocycles. The quantitative estimate of drug-likeness (QED) is 0.0192. The third-order valence-corrected chi connectivity index (χ3v) is 14.5. The lowest BCUT2D eigenvalue weighted by Gasteiger charge is -2.41. The zero-order valence-corrected chi connectivity index (χ0v) is 43.4. The molecule has 13 heteroatoms. The average molecular weight is 965 g/mol. The summed E-state index contributed by atoms with van der Waals surface area (Å²) in [5, 5.41) is 50.4. The largest absolute Gasteiger partial charge is 0.472 e. The first-order chi connectivity index (χ1) is 32.0. The first kappa shape index (κ1) is 63.4. The second-order valence-electron chi connectivity index (χ2n) is 19.8. The van der Waals surface area contributed by atoms with Gasteiger partial charge in [0.1, 0.15) is 42.7 Å². The molecule has 12 nitrogen and oxygen atoms in total. The molecule has 1 rings (SSSR count). The highest BCUT2D eigenvalue weighted by atomic mass is 31.2. The maximum Gasteiger partial charge on any atom is 0.472 e. The van der Waals surface area contributed by atoms with Crippen LogP contribution >= 0.6 is 7.82 Å². The van der Waals surface area contributed by atoms with Crippen molar-refractivity contribution in [1.82, 2.24) is 0 Å². The Kier molecular flexibility index (Phi) is 42.5. The van der Waals surface area contributed by atoms with E-state index >= 15 is 0 Å². The first-order valence-electron chi connectivity index (χ1n) is 27.9. The van der Waals surface area contributed by atoms with Crippen molar-refractivity contribution in [3.63, 3.8) is 0 Å². The highest BCUT2D eigenvalue weighted by Gasteiger charge is 2.51. The Morgan fingerprint density at radius 3 is 1.05 bits per heavy atom. The predicted molar refractivity (Wildman–Crippen MR) is 267 cm³/mol. The maximum absolute atomic E-state index is 12.9. The molecule has 1 fully saturated rings. The molecule has 0 aromatic rings. The van der Waals surface area contributed by atoms with E-state index in [0.717, 1.165) is 38.5 Å². The van der Waals surface area contributed by atoms with Crippen molar-refractivity contribution in [2.45, 2.75) is 313 Å². The molecule has 0 heterocycles. The van der Waals surface area contributed by atoms with E-state index < -0.39 is 63.1 Å². The number of aliphatic hydroxyl groups excluding tert-OH is 5. The highest BCUT2D eigenvalue weighted by molar-refractivity contribution is 7.47. The van der Waals surface area contributed by atoms with Crippen molar-refractivity contribution in [3.8, 4) is 0 Å². The molecule has 0 radical (unpaired) electrons. The topological polar surface area (TPSA) is 192 Å². The van der Waals surface area contributed by atoms with Gasteiger partial charge >= 0.3 is 13.8 Å². The number of aliphatic hydroxyl groups is 5. The minimum atomic E-state index is -5.02. The van der Waals surface area contributed by atoms with Crippen molar-refractivity contribution in [1.29, 1.82) is 0 Å². The fourth-order valence-electron chi connectivity index (χ4n) is 9.07. The lowest BCUT2D eigenvalue weighted by Crippen LogP contribution is -2.64. The Hall–Kier alpha value is -0.660. The summed E-state index contributed by atoms with van der Waals surface area (Å²) in [4.78, 5) is 23.3. The van der Waals surface area contributed by atoms with Gasteiger partial charge in [0.15, 0.2) is 0 Å². The Labute approximate surface area is 404 Å². The fraction of sp³-hybridized carbons (Fsp3) is 0.981. The van der Waals surface area contributed by atoms with Crippen molar-refractivity contribution in [2.24, 2.45) is 0 Å². The number of unbranched alkanes of at least 4 members (excludes halogenated alkanes) is 37. The Bertz CT molecular complexity index is 1100. The standard InChI is InChI=1S/C53H105O12P/c1-3-5-7-9-11-13-15-17-19-21-22-23-24-25-26-28-30-32-34-36-38-40-42-47(54)64-46(45-63-66(60,61)65-53-51(58)49(56)48(55)50(57)52(53)59)44-62-43-41-39-37-35-33-31-29-27-20-18-16-14-12-10-8-6-4-2/h46,48-53,55-59H,3-45H2,1-2H3,(H,60,61). The van der Waals surface area contributed by atoms with Gasteiger partial charge < -0.3 is 39.9 Å². The van der Waals surface area contributed by atoms with Crippen molar-refractivity contribution in [3.05, 3.63) is 0 Å². The van der Waals surface area contributed by atoms with Crippen LogP contribution in [0, 0.1) is 0 Å². The van der Waals surface area contributed by atoms with E-state index in [2.05, 4.69) is 13.8 Å². The number of hydrogen-bond acceptors (Lipinski definition) is 11. The molecule has 1 aliphatic rings. The Morgan fingerprint density at radius 1 is 0.424 bits per heavy atom. The fourth-order valence-corrected chi connectivity index (χ4v) is 10.0. The van der Waals surface area contributed by atoms with Gasteiger partial charge in [0.2, 0.25) is 0 Å². The molecule has 66 heavy (non-hydrogen) atoms. The Balaban J connectivity index is 2.27. The van der Waals surface area contributed by atoms with Gasteiger partial charge in [-0.2, -0.15) is 0 Å². The van der Waals surface area contributed by atoms with Gasteiger partial charge in [-0.3, -0.25) is 13.8 Å². The van der Waals surface area contributed by atoms with Gasteiger partial charge in [-0.1, -0.05) is 251 Å². The van der Waals surface area contributed by atoms with Crippen LogP contribution in [0.5, 0.6) is 0 Å². The average Bonchev–Trinajstić information content (AvgIpc) is 3.30. The lowest BCUT2D eigenvalue weighted by atomic mass is 9.85. The van der Waals surface area contributed by atoms with E-state index in [9.17, 15) is 39.8 Å². The number of ether oxygens (including phenoxy) is 2. The molecule has 0 aromatic carbocycles. The highest BCUT2D eigenvalue weighted by Crippen LogP contribution is 2.47. The van der Waals surface area contributed by atoms with Gasteiger partial charge in [0, 0.05) is 13.0 Å². The molecule has 1 aliphatic carbocycles. The molecule has 0 amide bonds. The van der Waals surface area contributed by atoms with Crippen LogP contribution in [0.4, 0.5) is 0 Å². The number of carbonyl (C=O) groups excluding carboxylic acids is 1. The zero-order valence-electron chi connectivity index (χ0n) is 42.5. The summed E-state index contributed by atoms with van der Waals surface area (Å²) in [6.45, 7) is 4.33. The molecule has 0 aromatic heterocycles. The summed E-state index contributed by atoms with van der Waals surface area (Å²) in [5.74, 6) is -0.467. The zero-order chi connectivity index (χ0) is 48.4. The maximum atomic E-state index is 12.9. The van der Waals surface area contributed by atoms with Crippen LogP contribution < -0.4 is 0 Å². The van der Waals surface area contributed by atoms with Crippen LogP contribution in [0.3, 0.4) is 0 Å². The number of hydrogen-bond donors (Lipinski definition) is 6. The summed E-state index contributed by atoms with van der Waals surface area (Å²) in [7, 11) is -5.02. The van der Waals surface area contributed by atoms with E-state index in [4.69, 9.17) is 18.5 Å². The first-order valence-corrected chi connectivity index (χ1v) is 29.4. The van der Waals surface area contributed by atoms with Crippen LogP contribution in [0.15, 0.2) is 0 Å². The molecule has 394 valence electrons. The molecule has 0 aliphatic heterocycles. The molecule has 6 unspecified atom stereocenters. The van der Waals surface area contributed by atoms with E-state index in [0.29, 0.717) is 13.0 Å². The van der Waals surface area contributed by atoms with Gasteiger partial charge in [0.05, 0.1) is 13.2 Å². The summed E-state index contributed by atoms with van der Waals surface area (Å²) in [6, 6.07) is 0. The Morgan fingerprint density at radius 2 is 0.712 bits per heavy atom. The molecular formula is C53H105O12P. The van der Waals surface area contributed by atoms with Crippen molar-refractivity contribution >= 4 is 13.8 Å². The third kappa shape index (κ3) is 35.4. The second kappa shape index (κ2) is 44.3.